The van der Waals surface area contributed by atoms with Crippen molar-refractivity contribution in [3.8, 4) is 0 Å². The molecule has 5 nitrogen and oxygen atoms in total. The Kier molecular flexibility index (Phi) is 5.73. The van der Waals surface area contributed by atoms with Crippen molar-refractivity contribution in [1.29, 1.82) is 0 Å². The van der Waals surface area contributed by atoms with E-state index in [0.29, 0.717) is 28.9 Å². The van der Waals surface area contributed by atoms with Gasteiger partial charge >= 0.3 is 0 Å². The summed E-state index contributed by atoms with van der Waals surface area (Å²) in [5.41, 5.74) is 1.01. The van der Waals surface area contributed by atoms with Crippen LogP contribution in [0.2, 0.25) is 5.02 Å². The van der Waals surface area contributed by atoms with Gasteiger partial charge in [0.2, 0.25) is 5.91 Å². The fourth-order valence-corrected chi connectivity index (χ4v) is 3.75. The summed E-state index contributed by atoms with van der Waals surface area (Å²) in [5, 5.41) is 9.16. The molecule has 1 aliphatic heterocycles. The van der Waals surface area contributed by atoms with Crippen molar-refractivity contribution < 1.29 is 9.21 Å². The maximum absolute atomic E-state index is 12.7. The van der Waals surface area contributed by atoms with Gasteiger partial charge in [0.15, 0.2) is 5.17 Å². The van der Waals surface area contributed by atoms with Crippen LogP contribution in [0.15, 0.2) is 69.9 Å². The maximum Gasteiger partial charge on any atom is 0.242 e. The lowest BCUT2D eigenvalue weighted by Gasteiger charge is -2.12. The molecular formula is C18H16ClN3O2S. The molecule has 25 heavy (non-hydrogen) atoms. The minimum absolute atomic E-state index is 0.00294. The van der Waals surface area contributed by atoms with Gasteiger partial charge < -0.3 is 4.42 Å². The van der Waals surface area contributed by atoms with Crippen LogP contribution < -0.4 is 0 Å². The number of thioether (sulfide) groups is 1. The number of halogens is 1. The smallest absolute Gasteiger partial charge is 0.242 e. The molecular weight excluding hydrogens is 358 g/mol. The first-order chi connectivity index (χ1) is 12.2. The van der Waals surface area contributed by atoms with E-state index < -0.39 is 0 Å². The van der Waals surface area contributed by atoms with Crippen molar-refractivity contribution in [1.82, 2.24) is 4.90 Å². The highest BCUT2D eigenvalue weighted by Gasteiger charge is 2.37. The number of rotatable bonds is 6. The third kappa shape index (κ3) is 4.41. The number of nitrogens with zero attached hydrogens (tertiary/aromatic N) is 3. The Morgan fingerprint density at radius 2 is 2.24 bits per heavy atom. The number of carbonyl (C=O) groups is 1. The van der Waals surface area contributed by atoms with Gasteiger partial charge in [0.1, 0.15) is 5.76 Å². The van der Waals surface area contributed by atoms with Crippen LogP contribution in [0, 0.1) is 0 Å². The second-order valence-electron chi connectivity index (χ2n) is 5.32. The molecule has 0 spiro atoms. The highest BCUT2D eigenvalue weighted by Crippen LogP contribution is 2.30. The first kappa shape index (κ1) is 17.5. The molecule has 1 aromatic heterocycles. The highest BCUT2D eigenvalue weighted by atomic mass is 35.5. The van der Waals surface area contributed by atoms with Gasteiger partial charge in [-0.25, -0.2) is 0 Å². The summed E-state index contributed by atoms with van der Waals surface area (Å²) in [7, 11) is 0. The molecule has 0 radical (unpaired) electrons. The number of hydrogen-bond donors (Lipinski definition) is 0. The number of amidine groups is 1. The molecule has 1 saturated heterocycles. The van der Waals surface area contributed by atoms with Crippen LogP contribution in [0.5, 0.6) is 0 Å². The molecule has 2 aromatic rings. The van der Waals surface area contributed by atoms with Gasteiger partial charge in [0.05, 0.1) is 17.7 Å². The zero-order valence-corrected chi connectivity index (χ0v) is 14.9. The van der Waals surface area contributed by atoms with Gasteiger partial charge in [-0.05, 0) is 36.2 Å². The van der Waals surface area contributed by atoms with E-state index in [9.17, 15) is 4.79 Å². The van der Waals surface area contributed by atoms with E-state index >= 15 is 0 Å². The van der Waals surface area contributed by atoms with Crippen molar-refractivity contribution in [2.24, 2.45) is 10.2 Å². The van der Waals surface area contributed by atoms with Crippen LogP contribution in [0.1, 0.15) is 11.3 Å². The molecule has 2 heterocycles. The maximum atomic E-state index is 12.7. The summed E-state index contributed by atoms with van der Waals surface area (Å²) < 4.78 is 5.17. The van der Waals surface area contributed by atoms with E-state index in [-0.39, 0.29) is 11.2 Å². The van der Waals surface area contributed by atoms with Gasteiger partial charge in [-0.3, -0.25) is 9.69 Å². The van der Waals surface area contributed by atoms with E-state index in [4.69, 9.17) is 16.0 Å². The lowest BCUT2D eigenvalue weighted by Crippen LogP contribution is -2.32. The van der Waals surface area contributed by atoms with E-state index in [2.05, 4.69) is 16.8 Å². The normalized spacial score (nSPS) is 19.2. The lowest BCUT2D eigenvalue weighted by molar-refractivity contribution is -0.125. The monoisotopic (exact) mass is 373 g/mol. The van der Waals surface area contributed by atoms with Crippen LogP contribution >= 0.6 is 23.4 Å². The molecule has 1 aromatic carbocycles. The largest absolute Gasteiger partial charge is 0.463 e. The zero-order chi connectivity index (χ0) is 17.6. The minimum Gasteiger partial charge on any atom is -0.463 e. The first-order valence-corrected chi connectivity index (χ1v) is 8.91. The number of furan rings is 1. The van der Waals surface area contributed by atoms with Crippen molar-refractivity contribution >= 4 is 40.7 Å². The molecule has 1 aliphatic rings. The lowest BCUT2D eigenvalue weighted by atomic mass is 10.1. The highest BCUT2D eigenvalue weighted by molar-refractivity contribution is 8.15. The van der Waals surface area contributed by atoms with E-state index in [1.165, 1.54) is 18.0 Å². The number of amides is 1. The quantitative estimate of drug-likeness (QED) is 0.437. The summed E-state index contributed by atoms with van der Waals surface area (Å²) in [6.45, 7) is 4.10. The number of carbonyl (C=O) groups excluding carboxylic acids is 1. The number of benzene rings is 1. The molecule has 0 bridgehead atoms. The Morgan fingerprint density at radius 3 is 2.96 bits per heavy atom. The second kappa shape index (κ2) is 8.18. The predicted octanol–water partition coefficient (Wildman–Crippen LogP) is 4.00. The van der Waals surface area contributed by atoms with Gasteiger partial charge in [0.25, 0.3) is 0 Å². The molecule has 3 rings (SSSR count). The fraction of sp³-hybridized carbons (Fsp3) is 0.167. The van der Waals surface area contributed by atoms with Crippen LogP contribution in [0.3, 0.4) is 0 Å². The summed E-state index contributed by atoms with van der Waals surface area (Å²) in [5.74, 6) is 0.598. The molecule has 1 fully saturated rings. The van der Waals surface area contributed by atoms with Crippen LogP contribution in [-0.4, -0.2) is 34.0 Å². The van der Waals surface area contributed by atoms with Crippen molar-refractivity contribution in [3.05, 3.63) is 71.7 Å². The topological polar surface area (TPSA) is 58.2 Å². The van der Waals surface area contributed by atoms with Gasteiger partial charge in [0, 0.05) is 11.6 Å². The Labute approximate surface area is 155 Å². The molecule has 1 unspecified atom stereocenters. The van der Waals surface area contributed by atoms with Gasteiger partial charge in [-0.2, -0.15) is 5.10 Å². The predicted molar refractivity (Wildman–Crippen MR) is 102 cm³/mol. The Morgan fingerprint density at radius 1 is 1.36 bits per heavy atom. The molecule has 0 saturated carbocycles. The van der Waals surface area contributed by atoms with Crippen molar-refractivity contribution in [2.75, 3.05) is 6.54 Å². The average molecular weight is 374 g/mol. The first-order valence-electron chi connectivity index (χ1n) is 7.65. The van der Waals surface area contributed by atoms with Crippen LogP contribution in [0.4, 0.5) is 0 Å². The molecule has 0 N–H and O–H groups in total. The Balaban J connectivity index is 1.76. The molecule has 128 valence electrons. The fourth-order valence-electron chi connectivity index (χ4n) is 2.39. The second-order valence-corrected chi connectivity index (χ2v) is 6.93. The van der Waals surface area contributed by atoms with E-state index in [0.717, 1.165) is 5.56 Å². The van der Waals surface area contributed by atoms with E-state index in [1.54, 1.807) is 29.4 Å². The van der Waals surface area contributed by atoms with Crippen LogP contribution in [0.25, 0.3) is 0 Å². The standard InChI is InChI=1S/C18H16ClN3O2S/c1-2-8-22-17(23)16(11-13-5-3-6-14(19)10-13)25-18(22)21-20-12-15-7-4-9-24-15/h2-7,9-10,12,16H,1,8,11H2. The van der Waals surface area contributed by atoms with Gasteiger partial charge in [-0.15, -0.1) is 11.7 Å². The molecule has 0 aliphatic carbocycles. The minimum atomic E-state index is -0.254. The zero-order valence-electron chi connectivity index (χ0n) is 13.3. The molecule has 1 amide bonds. The summed E-state index contributed by atoms with van der Waals surface area (Å²) in [4.78, 5) is 14.2. The Hall–Kier alpha value is -2.31. The van der Waals surface area contributed by atoms with E-state index in [1.807, 2.05) is 24.3 Å². The third-order valence-corrected chi connectivity index (χ3v) is 4.91. The third-order valence-electron chi connectivity index (χ3n) is 3.51. The molecule has 1 atom stereocenters. The van der Waals surface area contributed by atoms with Crippen molar-refractivity contribution in [3.63, 3.8) is 0 Å². The SMILES string of the molecule is C=CCN1C(=O)C(Cc2cccc(Cl)c2)SC1=NN=Cc1ccco1. The summed E-state index contributed by atoms with van der Waals surface area (Å²) in [6.07, 6.45) is 5.33. The van der Waals surface area contributed by atoms with Crippen molar-refractivity contribution in [2.45, 2.75) is 11.7 Å². The Bertz CT molecular complexity index is 817. The molecule has 7 heteroatoms. The van der Waals surface area contributed by atoms with Gasteiger partial charge in [-0.1, -0.05) is 41.6 Å². The summed E-state index contributed by atoms with van der Waals surface area (Å²) >= 11 is 7.42. The summed E-state index contributed by atoms with van der Waals surface area (Å²) in [6, 6.07) is 11.1. The number of hydrogen-bond acceptors (Lipinski definition) is 5. The van der Waals surface area contributed by atoms with Crippen LogP contribution in [-0.2, 0) is 11.2 Å². The average Bonchev–Trinajstić information content (AvgIpc) is 3.20.